The zero-order valence-corrected chi connectivity index (χ0v) is 25.7. The van der Waals surface area contributed by atoms with Gasteiger partial charge in [-0.3, -0.25) is 4.79 Å². The van der Waals surface area contributed by atoms with Crippen molar-refractivity contribution in [3.05, 3.63) is 113 Å². The Hall–Kier alpha value is -3.82. The molecule has 0 aliphatic heterocycles. The number of sulfonamides is 1. The molecule has 43 heavy (non-hydrogen) atoms. The molecule has 0 saturated heterocycles. The molecule has 0 unspecified atom stereocenters. The van der Waals surface area contributed by atoms with Gasteiger partial charge in [-0.05, 0) is 90.6 Å². The Bertz CT molecular complexity index is 1760. The molecule has 0 spiro atoms. The number of imidazole rings is 1. The van der Waals surface area contributed by atoms with Gasteiger partial charge in [0.05, 0.1) is 11.4 Å². The van der Waals surface area contributed by atoms with Crippen LogP contribution in [-0.2, 0) is 33.8 Å². The second-order valence-corrected chi connectivity index (χ2v) is 14.3. The standard InChI is InChI=1S/C34H37FN4O3S/c1-22-5-12-26(13-6-22)43(41,42)37-31-15-16-34(2,3)30-14-11-25(19-29(30)31)39(21-32-36-17-18-38(32)4)33(40)28-20-27(28)23-7-9-24(35)10-8-23/h5-14,17-19,27-28,31,37H,15-16,20-21H2,1-4H3/t27-,28-,31+/m1/s1. The van der Waals surface area contributed by atoms with E-state index in [-0.39, 0.29) is 40.4 Å². The summed E-state index contributed by atoms with van der Waals surface area (Å²) in [4.78, 5) is 20.6. The topological polar surface area (TPSA) is 84.3 Å². The van der Waals surface area contributed by atoms with Crippen molar-refractivity contribution in [3.63, 3.8) is 0 Å². The van der Waals surface area contributed by atoms with Gasteiger partial charge in [0.15, 0.2) is 0 Å². The van der Waals surface area contributed by atoms with E-state index in [0.29, 0.717) is 18.5 Å². The fraction of sp³-hybridized carbons (Fsp3) is 0.353. The summed E-state index contributed by atoms with van der Waals surface area (Å²) in [6, 6.07) is 18.8. The molecule has 0 bridgehead atoms. The lowest BCUT2D eigenvalue weighted by Gasteiger charge is -2.38. The average Bonchev–Trinajstić information content (AvgIpc) is 3.67. The number of halogens is 1. The number of nitrogens with one attached hydrogen (secondary N) is 1. The highest BCUT2D eigenvalue weighted by molar-refractivity contribution is 7.89. The van der Waals surface area contributed by atoms with E-state index in [9.17, 15) is 17.6 Å². The Morgan fingerprint density at radius 1 is 1.09 bits per heavy atom. The summed E-state index contributed by atoms with van der Waals surface area (Å²) >= 11 is 0. The van der Waals surface area contributed by atoms with Crippen LogP contribution in [-0.4, -0.2) is 23.9 Å². The smallest absolute Gasteiger partial charge is 0.241 e. The molecule has 1 heterocycles. The van der Waals surface area contributed by atoms with Crippen LogP contribution in [0.25, 0.3) is 0 Å². The van der Waals surface area contributed by atoms with Crippen molar-refractivity contribution in [3.8, 4) is 0 Å². The second-order valence-electron chi connectivity index (χ2n) is 12.6. The van der Waals surface area contributed by atoms with Crippen LogP contribution >= 0.6 is 0 Å². The maximum atomic E-state index is 14.1. The number of carbonyl (C=O) groups is 1. The van der Waals surface area contributed by atoms with Crippen LogP contribution in [0.3, 0.4) is 0 Å². The van der Waals surface area contributed by atoms with Gasteiger partial charge in [-0.15, -0.1) is 0 Å². The molecule has 0 radical (unpaired) electrons. The number of hydrogen-bond acceptors (Lipinski definition) is 4. The van der Waals surface area contributed by atoms with E-state index in [1.165, 1.54) is 12.1 Å². The van der Waals surface area contributed by atoms with Crippen molar-refractivity contribution >= 4 is 21.6 Å². The summed E-state index contributed by atoms with van der Waals surface area (Å²) in [5.41, 5.74) is 4.44. The molecule has 6 rings (SSSR count). The van der Waals surface area contributed by atoms with Crippen LogP contribution in [0.4, 0.5) is 10.1 Å². The van der Waals surface area contributed by atoms with Crippen LogP contribution < -0.4 is 9.62 Å². The number of hydrogen-bond donors (Lipinski definition) is 1. The van der Waals surface area contributed by atoms with Crippen LogP contribution in [0.15, 0.2) is 84.0 Å². The van der Waals surface area contributed by atoms with Crippen molar-refractivity contribution in [1.29, 1.82) is 0 Å². The van der Waals surface area contributed by atoms with E-state index in [2.05, 4.69) is 23.6 Å². The number of rotatable bonds is 8. The molecule has 3 atom stereocenters. The van der Waals surface area contributed by atoms with E-state index in [1.807, 2.05) is 42.9 Å². The molecule has 224 valence electrons. The van der Waals surface area contributed by atoms with Crippen LogP contribution in [0.5, 0.6) is 0 Å². The minimum absolute atomic E-state index is 0.0240. The predicted molar refractivity (Wildman–Crippen MR) is 165 cm³/mol. The summed E-state index contributed by atoms with van der Waals surface area (Å²) in [5, 5.41) is 0. The van der Waals surface area contributed by atoms with Gasteiger partial charge >= 0.3 is 0 Å². The van der Waals surface area contributed by atoms with Gasteiger partial charge in [0.1, 0.15) is 11.6 Å². The first-order valence-electron chi connectivity index (χ1n) is 14.7. The van der Waals surface area contributed by atoms with E-state index < -0.39 is 16.1 Å². The quantitative estimate of drug-likeness (QED) is 0.258. The lowest BCUT2D eigenvalue weighted by atomic mass is 9.71. The predicted octanol–water partition coefficient (Wildman–Crippen LogP) is 6.30. The number of fused-ring (bicyclic) bond motifs is 1. The molecule has 1 aromatic heterocycles. The molecule has 1 N–H and O–H groups in total. The molecule has 4 aromatic rings. The van der Waals surface area contributed by atoms with Crippen LogP contribution in [0.1, 0.15) is 73.1 Å². The SMILES string of the molecule is Cc1ccc(S(=O)(=O)N[C@H]2CCC(C)(C)c3ccc(N(Cc4nccn4C)C(=O)[C@@H]4C[C@@H]4c4ccc(F)cc4)cc32)cc1. The summed E-state index contributed by atoms with van der Waals surface area (Å²) in [6.07, 6.45) is 5.71. The Kier molecular flexibility index (Phi) is 7.50. The molecule has 9 heteroatoms. The maximum Gasteiger partial charge on any atom is 0.241 e. The Morgan fingerprint density at radius 2 is 1.81 bits per heavy atom. The number of benzene rings is 3. The van der Waals surface area contributed by atoms with E-state index in [4.69, 9.17) is 0 Å². The van der Waals surface area contributed by atoms with Crippen molar-refractivity contribution in [1.82, 2.24) is 14.3 Å². The molecule has 3 aromatic carbocycles. The van der Waals surface area contributed by atoms with Crippen molar-refractivity contribution in [2.45, 2.75) is 68.8 Å². The van der Waals surface area contributed by atoms with Crippen LogP contribution in [0.2, 0.25) is 0 Å². The zero-order chi connectivity index (χ0) is 30.5. The minimum atomic E-state index is -3.77. The first kappa shape index (κ1) is 29.3. The maximum absolute atomic E-state index is 14.1. The van der Waals surface area contributed by atoms with Gasteiger partial charge in [0.2, 0.25) is 15.9 Å². The molecule has 1 fully saturated rings. The second kappa shape index (κ2) is 11.0. The summed E-state index contributed by atoms with van der Waals surface area (Å²) < 4.78 is 45.3. The van der Waals surface area contributed by atoms with Gasteiger partial charge < -0.3 is 9.47 Å². The van der Waals surface area contributed by atoms with E-state index in [0.717, 1.165) is 34.5 Å². The minimum Gasteiger partial charge on any atom is -0.337 e. The lowest BCUT2D eigenvalue weighted by Crippen LogP contribution is -2.37. The molecular formula is C34H37FN4O3S. The molecule has 7 nitrogen and oxygen atoms in total. The average molecular weight is 601 g/mol. The van der Waals surface area contributed by atoms with Crippen LogP contribution in [0, 0.1) is 18.7 Å². The summed E-state index contributed by atoms with van der Waals surface area (Å²) in [6.45, 7) is 6.54. The fourth-order valence-corrected chi connectivity index (χ4v) is 7.50. The number of carbonyl (C=O) groups excluding carboxylic acids is 1. The number of amides is 1. The monoisotopic (exact) mass is 600 g/mol. The highest BCUT2D eigenvalue weighted by atomic mass is 32.2. The number of aromatic nitrogens is 2. The Morgan fingerprint density at radius 3 is 2.49 bits per heavy atom. The highest BCUT2D eigenvalue weighted by Gasteiger charge is 2.46. The Balaban J connectivity index is 1.35. The van der Waals surface area contributed by atoms with Gasteiger partial charge in [-0.2, -0.15) is 0 Å². The third-order valence-corrected chi connectivity index (χ3v) is 10.5. The first-order chi connectivity index (χ1) is 20.4. The van der Waals surface area contributed by atoms with E-state index >= 15 is 0 Å². The van der Waals surface area contributed by atoms with E-state index in [1.54, 1.807) is 47.5 Å². The largest absolute Gasteiger partial charge is 0.337 e. The normalized spacial score (nSPS) is 20.8. The molecule has 2 aliphatic rings. The fourth-order valence-electron chi connectivity index (χ4n) is 6.25. The lowest BCUT2D eigenvalue weighted by molar-refractivity contribution is -0.120. The zero-order valence-electron chi connectivity index (χ0n) is 24.9. The van der Waals surface area contributed by atoms with Gasteiger partial charge in [0, 0.05) is 37.1 Å². The van der Waals surface area contributed by atoms with Crippen molar-refractivity contribution in [2.24, 2.45) is 13.0 Å². The first-order valence-corrected chi connectivity index (χ1v) is 16.2. The Labute approximate surface area is 252 Å². The van der Waals surface area contributed by atoms with Crippen molar-refractivity contribution in [2.75, 3.05) is 4.90 Å². The number of aryl methyl sites for hydroxylation is 2. The van der Waals surface area contributed by atoms with Gasteiger partial charge in [0.25, 0.3) is 0 Å². The van der Waals surface area contributed by atoms with Crippen molar-refractivity contribution < 1.29 is 17.6 Å². The molecule has 1 amide bonds. The molecular weight excluding hydrogens is 563 g/mol. The molecule has 2 aliphatic carbocycles. The number of nitrogens with zero attached hydrogens (tertiary/aromatic N) is 3. The van der Waals surface area contributed by atoms with Gasteiger partial charge in [-0.25, -0.2) is 22.5 Å². The number of anilines is 1. The van der Waals surface area contributed by atoms with Gasteiger partial charge in [-0.1, -0.05) is 49.7 Å². The summed E-state index contributed by atoms with van der Waals surface area (Å²) in [7, 11) is -1.87. The summed E-state index contributed by atoms with van der Waals surface area (Å²) in [5.74, 6) is 0.219. The molecule has 1 saturated carbocycles. The third-order valence-electron chi connectivity index (χ3n) is 9.03. The third kappa shape index (κ3) is 5.88. The highest BCUT2D eigenvalue weighted by Crippen LogP contribution is 2.50.